The number of nitrogens with one attached hydrogen (secondary N) is 2. The molecule has 0 aliphatic carbocycles. The second-order valence-electron chi connectivity index (χ2n) is 5.36. The van der Waals surface area contributed by atoms with Crippen molar-refractivity contribution in [2.45, 2.75) is 0 Å². The summed E-state index contributed by atoms with van der Waals surface area (Å²) in [5.41, 5.74) is 0.696. The van der Waals surface area contributed by atoms with Gasteiger partial charge in [0.25, 0.3) is 11.8 Å². The van der Waals surface area contributed by atoms with E-state index in [1.165, 1.54) is 0 Å². The van der Waals surface area contributed by atoms with E-state index in [1.807, 2.05) is 7.05 Å². The van der Waals surface area contributed by atoms with E-state index < -0.39 is 0 Å². The summed E-state index contributed by atoms with van der Waals surface area (Å²) in [7, 11) is 1.83. The molecule has 1 aliphatic rings. The molecule has 0 bridgehead atoms. The Morgan fingerprint density at radius 3 is 2.50 bits per heavy atom. The van der Waals surface area contributed by atoms with Crippen LogP contribution in [0.25, 0.3) is 0 Å². The van der Waals surface area contributed by atoms with Gasteiger partial charge in [-0.1, -0.05) is 11.6 Å². The van der Waals surface area contributed by atoms with E-state index in [4.69, 9.17) is 16.3 Å². The lowest BCUT2D eigenvalue weighted by molar-refractivity contribution is -0.862. The Labute approximate surface area is 135 Å². The molecule has 1 unspecified atom stereocenters. The second-order valence-corrected chi connectivity index (χ2v) is 5.80. The smallest absolute Gasteiger partial charge is 0.279 e. The first-order chi connectivity index (χ1) is 10.5. The Hall–Kier alpha value is -1.63. The number of hydrogen-bond donors (Lipinski definition) is 2. The van der Waals surface area contributed by atoms with E-state index in [0.29, 0.717) is 43.6 Å². The van der Waals surface area contributed by atoms with E-state index >= 15 is 0 Å². The van der Waals surface area contributed by atoms with Crippen molar-refractivity contribution < 1.29 is 19.2 Å². The van der Waals surface area contributed by atoms with Crippen molar-refractivity contribution in [1.29, 1.82) is 0 Å². The normalized spacial score (nSPS) is 16.2. The van der Waals surface area contributed by atoms with Crippen molar-refractivity contribution >= 4 is 29.1 Å². The molecular formula is C15H21ClN3O3+. The largest absolute Gasteiger partial charge is 0.378 e. The highest BCUT2D eigenvalue weighted by Gasteiger charge is 2.21. The van der Waals surface area contributed by atoms with E-state index in [2.05, 4.69) is 5.32 Å². The molecule has 1 aromatic carbocycles. The van der Waals surface area contributed by atoms with Gasteiger partial charge in [0.15, 0.2) is 13.1 Å². The van der Waals surface area contributed by atoms with Crippen LogP contribution in [0.1, 0.15) is 0 Å². The molecule has 1 fully saturated rings. The SMILES string of the molecule is C[NH+](CC(=O)Nc1ccc(Cl)cc1)CC(=O)N1CCOCC1. The van der Waals surface area contributed by atoms with Crippen molar-refractivity contribution in [3.8, 4) is 0 Å². The average molecular weight is 327 g/mol. The maximum Gasteiger partial charge on any atom is 0.279 e. The number of rotatable bonds is 5. The maximum atomic E-state index is 12.1. The number of anilines is 1. The van der Waals surface area contributed by atoms with Crippen molar-refractivity contribution in [2.24, 2.45) is 0 Å². The Bertz CT molecular complexity index is 515. The molecule has 7 heteroatoms. The van der Waals surface area contributed by atoms with E-state index in [9.17, 15) is 9.59 Å². The topological polar surface area (TPSA) is 63.1 Å². The minimum Gasteiger partial charge on any atom is -0.378 e. The summed E-state index contributed by atoms with van der Waals surface area (Å²) in [5, 5.41) is 3.41. The molecule has 2 amide bonds. The van der Waals surface area contributed by atoms with Gasteiger partial charge in [0, 0.05) is 23.8 Å². The van der Waals surface area contributed by atoms with Gasteiger partial charge in [0.2, 0.25) is 0 Å². The standard InChI is InChI=1S/C15H20ClN3O3/c1-18(11-15(21)19-6-8-22-9-7-19)10-14(20)17-13-4-2-12(16)3-5-13/h2-5H,6-11H2,1H3,(H,17,20)/p+1. The van der Waals surface area contributed by atoms with Crippen LogP contribution in [-0.2, 0) is 14.3 Å². The van der Waals surface area contributed by atoms with Crippen LogP contribution in [0.3, 0.4) is 0 Å². The van der Waals surface area contributed by atoms with Crippen molar-refractivity contribution in [3.05, 3.63) is 29.3 Å². The first kappa shape index (κ1) is 16.7. The molecule has 1 aliphatic heterocycles. The van der Waals surface area contributed by atoms with Gasteiger partial charge in [0.05, 0.1) is 20.3 Å². The number of ether oxygens (including phenoxy) is 1. The van der Waals surface area contributed by atoms with Crippen LogP contribution in [-0.4, -0.2) is 63.2 Å². The minimum atomic E-state index is -0.130. The molecule has 0 aromatic heterocycles. The van der Waals surface area contributed by atoms with Gasteiger partial charge in [-0.05, 0) is 24.3 Å². The summed E-state index contributed by atoms with van der Waals surface area (Å²) in [6.07, 6.45) is 0. The highest BCUT2D eigenvalue weighted by Crippen LogP contribution is 2.12. The number of morpholine rings is 1. The van der Waals surface area contributed by atoms with Crippen LogP contribution in [0.15, 0.2) is 24.3 Å². The zero-order chi connectivity index (χ0) is 15.9. The molecule has 120 valence electrons. The van der Waals surface area contributed by atoms with Crippen molar-refractivity contribution in [1.82, 2.24) is 4.90 Å². The first-order valence-electron chi connectivity index (χ1n) is 7.27. The van der Waals surface area contributed by atoms with Gasteiger partial charge < -0.3 is 19.9 Å². The van der Waals surface area contributed by atoms with Gasteiger partial charge in [-0.2, -0.15) is 0 Å². The predicted octanol–water partition coefficient (Wildman–Crippen LogP) is -0.348. The number of nitrogens with zero attached hydrogens (tertiary/aromatic N) is 1. The molecular weight excluding hydrogens is 306 g/mol. The molecule has 6 nitrogen and oxygen atoms in total. The summed E-state index contributed by atoms with van der Waals surface area (Å²) in [4.78, 5) is 26.7. The zero-order valence-electron chi connectivity index (χ0n) is 12.6. The number of amides is 2. The minimum absolute atomic E-state index is 0.0556. The molecule has 1 heterocycles. The fourth-order valence-corrected chi connectivity index (χ4v) is 2.38. The molecule has 2 rings (SSSR count). The van der Waals surface area contributed by atoms with Crippen molar-refractivity contribution in [2.75, 3.05) is 51.8 Å². The summed E-state index contributed by atoms with van der Waals surface area (Å²) in [6.45, 7) is 2.96. The molecule has 22 heavy (non-hydrogen) atoms. The van der Waals surface area contributed by atoms with Crippen molar-refractivity contribution in [3.63, 3.8) is 0 Å². The number of halogens is 1. The summed E-state index contributed by atoms with van der Waals surface area (Å²) >= 11 is 5.80. The number of benzene rings is 1. The molecule has 0 radical (unpaired) electrons. The average Bonchev–Trinajstić information content (AvgIpc) is 2.50. The number of quaternary nitrogens is 1. The number of likely N-dealkylation sites (N-methyl/N-ethyl adjacent to an activating group) is 1. The van der Waals surface area contributed by atoms with Crippen LogP contribution in [0, 0.1) is 0 Å². The highest BCUT2D eigenvalue weighted by molar-refractivity contribution is 6.30. The third-order valence-corrected chi connectivity index (χ3v) is 3.66. The number of carbonyl (C=O) groups excluding carboxylic acids is 2. The lowest BCUT2D eigenvalue weighted by atomic mass is 10.3. The summed E-state index contributed by atoms with van der Waals surface area (Å²) in [6, 6.07) is 6.92. The predicted molar refractivity (Wildman–Crippen MR) is 84.1 cm³/mol. The third-order valence-electron chi connectivity index (χ3n) is 3.41. The Morgan fingerprint density at radius 1 is 1.23 bits per heavy atom. The molecule has 1 atom stereocenters. The van der Waals surface area contributed by atoms with Crippen LogP contribution < -0.4 is 10.2 Å². The Morgan fingerprint density at radius 2 is 1.86 bits per heavy atom. The Balaban J connectivity index is 1.75. The van der Waals surface area contributed by atoms with E-state index in [0.717, 1.165) is 4.90 Å². The monoisotopic (exact) mass is 326 g/mol. The summed E-state index contributed by atoms with van der Waals surface area (Å²) in [5.74, 6) is -0.0744. The van der Waals surface area contributed by atoms with Crippen LogP contribution in [0.5, 0.6) is 0 Å². The lowest BCUT2D eigenvalue weighted by Crippen LogP contribution is -3.11. The van der Waals surface area contributed by atoms with Crippen LogP contribution >= 0.6 is 11.6 Å². The Kier molecular flexibility index (Phi) is 6.18. The van der Waals surface area contributed by atoms with Crippen LogP contribution in [0.2, 0.25) is 5.02 Å². The number of carbonyl (C=O) groups is 2. The molecule has 1 aromatic rings. The summed E-state index contributed by atoms with van der Waals surface area (Å²) < 4.78 is 5.22. The fourth-order valence-electron chi connectivity index (χ4n) is 2.26. The highest BCUT2D eigenvalue weighted by atomic mass is 35.5. The zero-order valence-corrected chi connectivity index (χ0v) is 13.4. The molecule has 0 spiro atoms. The number of hydrogen-bond acceptors (Lipinski definition) is 3. The van der Waals surface area contributed by atoms with Gasteiger partial charge in [0.1, 0.15) is 0 Å². The molecule has 2 N–H and O–H groups in total. The van der Waals surface area contributed by atoms with Gasteiger partial charge in [-0.25, -0.2) is 0 Å². The van der Waals surface area contributed by atoms with E-state index in [-0.39, 0.29) is 18.4 Å². The van der Waals surface area contributed by atoms with Gasteiger partial charge in [-0.15, -0.1) is 0 Å². The second kappa shape index (κ2) is 8.12. The van der Waals surface area contributed by atoms with Gasteiger partial charge >= 0.3 is 0 Å². The van der Waals surface area contributed by atoms with E-state index in [1.54, 1.807) is 29.2 Å². The van der Waals surface area contributed by atoms with Crippen LogP contribution in [0.4, 0.5) is 5.69 Å². The quantitative estimate of drug-likeness (QED) is 0.777. The first-order valence-corrected chi connectivity index (χ1v) is 7.64. The molecule has 1 saturated heterocycles. The molecule has 0 saturated carbocycles. The lowest BCUT2D eigenvalue weighted by Gasteiger charge is -2.27. The van der Waals surface area contributed by atoms with Gasteiger partial charge in [-0.3, -0.25) is 9.59 Å². The fraction of sp³-hybridized carbons (Fsp3) is 0.467. The third kappa shape index (κ3) is 5.29. The maximum absolute atomic E-state index is 12.1.